The van der Waals surface area contributed by atoms with Gasteiger partial charge >= 0.3 is 0 Å². The summed E-state index contributed by atoms with van der Waals surface area (Å²) in [5.41, 5.74) is 1.63. The summed E-state index contributed by atoms with van der Waals surface area (Å²) in [5, 5.41) is 20.1. The van der Waals surface area contributed by atoms with E-state index in [0.29, 0.717) is 17.5 Å². The van der Waals surface area contributed by atoms with Crippen LogP contribution in [0.1, 0.15) is 17.7 Å². The Hall–Kier alpha value is -3.00. The van der Waals surface area contributed by atoms with Gasteiger partial charge in [-0.3, -0.25) is 14.7 Å². The third-order valence-corrected chi connectivity index (χ3v) is 5.10. The zero-order valence-corrected chi connectivity index (χ0v) is 15.4. The smallest absolute Gasteiger partial charge is 0.269 e. The molecule has 8 heteroatoms. The fourth-order valence-corrected chi connectivity index (χ4v) is 3.57. The van der Waals surface area contributed by atoms with Crippen LogP contribution in [-0.2, 0) is 6.54 Å². The number of allylic oxidation sites excluding steroid dienone is 1. The lowest BCUT2D eigenvalue weighted by Crippen LogP contribution is -2.02. The Kier molecular flexibility index (Phi) is 5.66. The highest BCUT2D eigenvalue weighted by Crippen LogP contribution is 2.36. The molecule has 0 spiro atoms. The lowest BCUT2D eigenvalue weighted by molar-refractivity contribution is -0.384. The van der Waals surface area contributed by atoms with Crippen molar-refractivity contribution in [3.8, 4) is 11.4 Å². The second kappa shape index (κ2) is 8.13. The molecule has 0 aliphatic rings. The molecule has 0 aliphatic carbocycles. The second-order valence-corrected chi connectivity index (χ2v) is 7.13. The van der Waals surface area contributed by atoms with Crippen molar-refractivity contribution in [1.82, 2.24) is 14.8 Å². The van der Waals surface area contributed by atoms with Crippen molar-refractivity contribution >= 4 is 17.4 Å². The van der Waals surface area contributed by atoms with Crippen LogP contribution < -0.4 is 0 Å². The van der Waals surface area contributed by atoms with Crippen LogP contribution in [0.25, 0.3) is 11.4 Å². The van der Waals surface area contributed by atoms with Gasteiger partial charge in [-0.1, -0.05) is 30.0 Å². The molecule has 0 saturated carbocycles. The van der Waals surface area contributed by atoms with E-state index >= 15 is 0 Å². The first-order valence-corrected chi connectivity index (χ1v) is 9.08. The van der Waals surface area contributed by atoms with E-state index < -0.39 is 4.92 Å². The molecule has 0 amide bonds. The van der Waals surface area contributed by atoms with Gasteiger partial charge in [0.1, 0.15) is 5.82 Å². The van der Waals surface area contributed by atoms with E-state index in [1.165, 1.54) is 30.0 Å². The first-order chi connectivity index (χ1) is 13.0. The van der Waals surface area contributed by atoms with Crippen LogP contribution in [0.4, 0.5) is 10.1 Å². The number of halogens is 1. The quantitative estimate of drug-likeness (QED) is 0.247. The molecule has 0 N–H and O–H groups in total. The van der Waals surface area contributed by atoms with Crippen molar-refractivity contribution < 1.29 is 9.31 Å². The number of thioether (sulfide) groups is 1. The Labute approximate surface area is 159 Å². The van der Waals surface area contributed by atoms with Gasteiger partial charge in [0.25, 0.3) is 5.69 Å². The highest BCUT2D eigenvalue weighted by molar-refractivity contribution is 7.99. The summed E-state index contributed by atoms with van der Waals surface area (Å²) in [7, 11) is 0. The largest absolute Gasteiger partial charge is 0.298 e. The molecule has 0 saturated heterocycles. The zero-order chi connectivity index (χ0) is 19.4. The van der Waals surface area contributed by atoms with E-state index in [1.807, 2.05) is 17.6 Å². The molecule has 2 aromatic carbocycles. The molecule has 0 aliphatic heterocycles. The Morgan fingerprint density at radius 3 is 2.70 bits per heavy atom. The van der Waals surface area contributed by atoms with Gasteiger partial charge in [-0.2, -0.15) is 0 Å². The maximum atomic E-state index is 13.2. The third-order valence-electron chi connectivity index (χ3n) is 3.96. The fourth-order valence-electron chi connectivity index (χ4n) is 2.60. The van der Waals surface area contributed by atoms with Gasteiger partial charge in [-0.05, 0) is 36.8 Å². The van der Waals surface area contributed by atoms with E-state index in [0.717, 1.165) is 11.1 Å². The number of hydrogen-bond donors (Lipinski definition) is 0. The predicted octanol–water partition coefficient (Wildman–Crippen LogP) is 5.03. The molecule has 27 heavy (non-hydrogen) atoms. The summed E-state index contributed by atoms with van der Waals surface area (Å²) in [6.07, 6.45) is 1.73. The van der Waals surface area contributed by atoms with Crippen molar-refractivity contribution in [2.24, 2.45) is 0 Å². The molecule has 3 aromatic rings. The molecule has 138 valence electrons. The van der Waals surface area contributed by atoms with Crippen LogP contribution >= 0.6 is 11.8 Å². The number of non-ortho nitro benzene ring substituents is 1. The first-order valence-electron chi connectivity index (χ1n) is 8.20. The maximum absolute atomic E-state index is 13.2. The van der Waals surface area contributed by atoms with Crippen LogP contribution in [0.3, 0.4) is 0 Å². The van der Waals surface area contributed by atoms with Gasteiger partial charge < -0.3 is 0 Å². The minimum atomic E-state index is -0.409. The lowest BCUT2D eigenvalue weighted by atomic mass is 10.1. The summed E-state index contributed by atoms with van der Waals surface area (Å²) in [4.78, 5) is 10.6. The molecule has 0 bridgehead atoms. The Morgan fingerprint density at radius 2 is 2.04 bits per heavy atom. The number of rotatable bonds is 7. The van der Waals surface area contributed by atoms with Crippen LogP contribution in [0, 0.1) is 15.9 Å². The number of benzene rings is 2. The van der Waals surface area contributed by atoms with Crippen molar-refractivity contribution in [3.63, 3.8) is 0 Å². The fraction of sp³-hybridized carbons (Fsp3) is 0.158. The minimum absolute atomic E-state index is 0.0551. The molecule has 1 aromatic heterocycles. The Bertz CT molecular complexity index is 972. The van der Waals surface area contributed by atoms with Gasteiger partial charge in [-0.25, -0.2) is 4.39 Å². The van der Waals surface area contributed by atoms with Crippen LogP contribution in [0.2, 0.25) is 0 Å². The van der Waals surface area contributed by atoms with Crippen molar-refractivity contribution in [2.45, 2.75) is 23.9 Å². The second-order valence-electron chi connectivity index (χ2n) is 5.82. The Balaban J connectivity index is 1.90. The molecule has 0 radical (unpaired) electrons. The zero-order valence-electron chi connectivity index (χ0n) is 14.6. The van der Waals surface area contributed by atoms with Gasteiger partial charge in [0.15, 0.2) is 11.0 Å². The molecular weight excluding hydrogens is 367 g/mol. The minimum Gasteiger partial charge on any atom is -0.298 e. The normalized spacial score (nSPS) is 11.9. The van der Waals surface area contributed by atoms with Gasteiger partial charge in [0.05, 0.1) is 4.92 Å². The van der Waals surface area contributed by atoms with E-state index in [9.17, 15) is 14.5 Å². The van der Waals surface area contributed by atoms with E-state index in [1.54, 1.807) is 30.3 Å². The first kappa shape index (κ1) is 18.8. The van der Waals surface area contributed by atoms with Crippen LogP contribution in [0.15, 0.2) is 66.3 Å². The topological polar surface area (TPSA) is 73.8 Å². The number of nitrogens with zero attached hydrogens (tertiary/aromatic N) is 4. The summed E-state index contributed by atoms with van der Waals surface area (Å²) in [5.74, 6) is 0.297. The van der Waals surface area contributed by atoms with E-state index in [2.05, 4.69) is 16.8 Å². The van der Waals surface area contributed by atoms with Gasteiger partial charge in [0.2, 0.25) is 0 Å². The molecule has 1 heterocycles. The molecule has 3 rings (SSSR count). The standard InChI is InChI=1S/C19H17FN4O2S/c1-3-11-23-18(14-7-9-16(20)10-8-14)21-22-19(23)27-13(2)15-5-4-6-17(12-15)24(25)26/h3-10,12-13H,1,11H2,2H3/t13-/m0/s1. The average molecular weight is 384 g/mol. The molecule has 0 unspecified atom stereocenters. The van der Waals surface area contributed by atoms with Gasteiger partial charge in [-0.15, -0.1) is 16.8 Å². The molecule has 0 fully saturated rings. The maximum Gasteiger partial charge on any atom is 0.269 e. The van der Waals surface area contributed by atoms with Crippen molar-refractivity contribution in [1.29, 1.82) is 0 Å². The summed E-state index contributed by atoms with van der Waals surface area (Å²) >= 11 is 1.45. The van der Waals surface area contributed by atoms with Gasteiger partial charge in [0, 0.05) is 29.5 Å². The van der Waals surface area contributed by atoms with Crippen LogP contribution in [0.5, 0.6) is 0 Å². The highest BCUT2D eigenvalue weighted by Gasteiger charge is 2.18. The number of hydrogen-bond acceptors (Lipinski definition) is 5. The molecule has 6 nitrogen and oxygen atoms in total. The average Bonchev–Trinajstić information content (AvgIpc) is 3.05. The number of nitro benzene ring substituents is 1. The summed E-state index contributed by atoms with van der Waals surface area (Å²) in [6.45, 7) is 6.22. The monoisotopic (exact) mass is 384 g/mol. The predicted molar refractivity (Wildman–Crippen MR) is 103 cm³/mol. The molecular formula is C19H17FN4O2S. The Morgan fingerprint density at radius 1 is 1.30 bits per heavy atom. The SMILES string of the molecule is C=CCn1c(S[C@@H](C)c2cccc([N+](=O)[O-])c2)nnc1-c1ccc(F)cc1. The van der Waals surface area contributed by atoms with Crippen LogP contribution in [-0.4, -0.2) is 19.7 Å². The molecule has 1 atom stereocenters. The number of aromatic nitrogens is 3. The third kappa shape index (κ3) is 4.22. The van der Waals surface area contributed by atoms with Crippen molar-refractivity contribution in [2.75, 3.05) is 0 Å². The summed E-state index contributed by atoms with van der Waals surface area (Å²) in [6, 6.07) is 12.6. The summed E-state index contributed by atoms with van der Waals surface area (Å²) < 4.78 is 15.1. The lowest BCUT2D eigenvalue weighted by Gasteiger charge is -2.12. The highest BCUT2D eigenvalue weighted by atomic mass is 32.2. The van der Waals surface area contributed by atoms with E-state index in [-0.39, 0.29) is 16.8 Å². The van der Waals surface area contributed by atoms with E-state index in [4.69, 9.17) is 0 Å². The van der Waals surface area contributed by atoms with Crippen molar-refractivity contribution in [3.05, 3.63) is 82.7 Å². The number of nitro groups is 1.